The molecule has 3 rings (SSSR count). The maximum absolute atomic E-state index is 10.4. The summed E-state index contributed by atoms with van der Waals surface area (Å²) in [6, 6.07) is 8.47. The van der Waals surface area contributed by atoms with Gasteiger partial charge in [0, 0.05) is 24.7 Å². The van der Waals surface area contributed by atoms with E-state index in [4.69, 9.17) is 4.74 Å². The number of likely N-dealkylation sites (tertiary alicyclic amines) is 1. The van der Waals surface area contributed by atoms with Crippen molar-refractivity contribution >= 4 is 0 Å². The lowest BCUT2D eigenvalue weighted by Crippen LogP contribution is -2.35. The average molecular weight is 247 g/mol. The topological polar surface area (TPSA) is 32.7 Å². The van der Waals surface area contributed by atoms with Gasteiger partial charge in [0.1, 0.15) is 5.75 Å². The van der Waals surface area contributed by atoms with E-state index in [0.717, 1.165) is 30.3 Å². The number of aliphatic hydroxyl groups is 1. The minimum Gasteiger partial charge on any atom is -0.496 e. The minimum absolute atomic E-state index is 0.444. The molecule has 3 heteroatoms. The molecule has 1 heterocycles. The molecule has 1 saturated carbocycles. The Kier molecular flexibility index (Phi) is 3.27. The monoisotopic (exact) mass is 247 g/mol. The molecular formula is C15H21NO2. The SMILES string of the molecule is COc1ccccc1C(O)CN1CC2CCC1C2. The highest BCUT2D eigenvalue weighted by Gasteiger charge is 2.38. The fraction of sp³-hybridized carbons (Fsp3) is 0.600. The van der Waals surface area contributed by atoms with E-state index in [1.54, 1.807) is 7.11 Å². The number of nitrogens with zero attached hydrogens (tertiary/aromatic N) is 1. The van der Waals surface area contributed by atoms with E-state index in [2.05, 4.69) is 4.90 Å². The Labute approximate surface area is 108 Å². The molecule has 3 atom stereocenters. The van der Waals surface area contributed by atoms with Crippen molar-refractivity contribution in [3.8, 4) is 5.75 Å². The lowest BCUT2D eigenvalue weighted by atomic mass is 10.1. The third kappa shape index (κ3) is 2.13. The second-order valence-electron chi connectivity index (χ2n) is 5.54. The van der Waals surface area contributed by atoms with Crippen LogP contribution in [0.4, 0.5) is 0 Å². The van der Waals surface area contributed by atoms with E-state index >= 15 is 0 Å². The average Bonchev–Trinajstić information content (AvgIpc) is 3.01. The van der Waals surface area contributed by atoms with Gasteiger partial charge in [-0.05, 0) is 31.2 Å². The number of ether oxygens (including phenoxy) is 1. The predicted octanol–water partition coefficient (Wildman–Crippen LogP) is 2.21. The number of para-hydroxylation sites is 1. The van der Waals surface area contributed by atoms with Crippen molar-refractivity contribution in [3.63, 3.8) is 0 Å². The van der Waals surface area contributed by atoms with Crippen molar-refractivity contribution in [3.05, 3.63) is 29.8 Å². The molecule has 1 aromatic carbocycles. The van der Waals surface area contributed by atoms with Gasteiger partial charge in [-0.2, -0.15) is 0 Å². The van der Waals surface area contributed by atoms with E-state index < -0.39 is 6.10 Å². The molecule has 3 nitrogen and oxygen atoms in total. The van der Waals surface area contributed by atoms with Crippen LogP contribution in [0.25, 0.3) is 0 Å². The van der Waals surface area contributed by atoms with Crippen molar-refractivity contribution in [2.45, 2.75) is 31.4 Å². The van der Waals surface area contributed by atoms with Gasteiger partial charge in [0.05, 0.1) is 13.2 Å². The maximum Gasteiger partial charge on any atom is 0.124 e. The summed E-state index contributed by atoms with van der Waals surface area (Å²) in [4.78, 5) is 2.45. The summed E-state index contributed by atoms with van der Waals surface area (Å²) < 4.78 is 5.31. The van der Waals surface area contributed by atoms with Crippen molar-refractivity contribution in [2.75, 3.05) is 20.2 Å². The number of hydrogen-bond donors (Lipinski definition) is 1. The molecule has 3 unspecified atom stereocenters. The Morgan fingerprint density at radius 2 is 2.22 bits per heavy atom. The van der Waals surface area contributed by atoms with E-state index in [0.29, 0.717) is 6.04 Å². The highest BCUT2D eigenvalue weighted by Crippen LogP contribution is 2.38. The smallest absolute Gasteiger partial charge is 0.124 e. The third-order valence-electron chi connectivity index (χ3n) is 4.43. The lowest BCUT2D eigenvalue weighted by Gasteiger charge is -2.29. The summed E-state index contributed by atoms with van der Waals surface area (Å²) in [5, 5.41) is 10.4. The summed E-state index contributed by atoms with van der Waals surface area (Å²) in [7, 11) is 1.66. The molecule has 1 aliphatic carbocycles. The van der Waals surface area contributed by atoms with Gasteiger partial charge in [-0.15, -0.1) is 0 Å². The first kappa shape index (κ1) is 12.0. The van der Waals surface area contributed by atoms with Crippen molar-refractivity contribution in [2.24, 2.45) is 5.92 Å². The van der Waals surface area contributed by atoms with Gasteiger partial charge < -0.3 is 9.84 Å². The molecule has 2 fully saturated rings. The second-order valence-corrected chi connectivity index (χ2v) is 5.54. The van der Waals surface area contributed by atoms with Crippen molar-refractivity contribution in [1.29, 1.82) is 0 Å². The molecule has 98 valence electrons. The zero-order chi connectivity index (χ0) is 12.5. The van der Waals surface area contributed by atoms with Gasteiger partial charge in [0.15, 0.2) is 0 Å². The maximum atomic E-state index is 10.4. The fourth-order valence-electron chi connectivity index (χ4n) is 3.51. The Morgan fingerprint density at radius 3 is 2.89 bits per heavy atom. The molecule has 0 aromatic heterocycles. The van der Waals surface area contributed by atoms with Crippen LogP contribution in [0, 0.1) is 5.92 Å². The zero-order valence-electron chi connectivity index (χ0n) is 10.9. The molecule has 2 bridgehead atoms. The van der Waals surface area contributed by atoms with Gasteiger partial charge >= 0.3 is 0 Å². The van der Waals surface area contributed by atoms with Gasteiger partial charge in [-0.25, -0.2) is 0 Å². The summed E-state index contributed by atoms with van der Waals surface area (Å²) in [5.41, 5.74) is 0.905. The largest absolute Gasteiger partial charge is 0.496 e. The number of rotatable bonds is 4. The Hall–Kier alpha value is -1.06. The molecule has 1 aliphatic heterocycles. The normalized spacial score (nSPS) is 28.6. The van der Waals surface area contributed by atoms with E-state index in [-0.39, 0.29) is 0 Å². The summed E-state index contributed by atoms with van der Waals surface area (Å²) in [5.74, 6) is 1.66. The lowest BCUT2D eigenvalue weighted by molar-refractivity contribution is 0.0928. The van der Waals surface area contributed by atoms with Crippen LogP contribution < -0.4 is 4.74 Å². The zero-order valence-corrected chi connectivity index (χ0v) is 10.9. The molecule has 1 aromatic rings. The highest BCUT2D eigenvalue weighted by molar-refractivity contribution is 5.35. The van der Waals surface area contributed by atoms with Crippen LogP contribution in [-0.2, 0) is 0 Å². The molecule has 2 aliphatic rings. The number of aliphatic hydroxyl groups excluding tert-OH is 1. The number of fused-ring (bicyclic) bond motifs is 2. The summed E-state index contributed by atoms with van der Waals surface area (Å²) in [6.45, 7) is 1.90. The molecule has 18 heavy (non-hydrogen) atoms. The first-order chi connectivity index (χ1) is 8.78. The fourth-order valence-corrected chi connectivity index (χ4v) is 3.51. The first-order valence-electron chi connectivity index (χ1n) is 6.83. The quantitative estimate of drug-likeness (QED) is 0.885. The van der Waals surface area contributed by atoms with Gasteiger partial charge in [-0.3, -0.25) is 4.90 Å². The van der Waals surface area contributed by atoms with Gasteiger partial charge in [0.2, 0.25) is 0 Å². The molecular weight excluding hydrogens is 226 g/mol. The molecule has 0 radical (unpaired) electrons. The second kappa shape index (κ2) is 4.90. The molecule has 0 amide bonds. The van der Waals surface area contributed by atoms with E-state index in [9.17, 15) is 5.11 Å². The molecule has 1 saturated heterocycles. The van der Waals surface area contributed by atoms with Gasteiger partial charge in [0.25, 0.3) is 0 Å². The number of hydrogen-bond acceptors (Lipinski definition) is 3. The molecule has 1 N–H and O–H groups in total. The van der Waals surface area contributed by atoms with E-state index in [1.165, 1.54) is 19.3 Å². The van der Waals surface area contributed by atoms with Crippen LogP contribution in [-0.4, -0.2) is 36.2 Å². The van der Waals surface area contributed by atoms with Crippen LogP contribution >= 0.6 is 0 Å². The van der Waals surface area contributed by atoms with Gasteiger partial charge in [-0.1, -0.05) is 18.2 Å². The number of β-amino-alcohol motifs (C(OH)–C–C–N with tert-alkyl or cyclic N) is 1. The predicted molar refractivity (Wildman–Crippen MR) is 70.7 cm³/mol. The van der Waals surface area contributed by atoms with Crippen LogP contribution in [0.15, 0.2) is 24.3 Å². The highest BCUT2D eigenvalue weighted by atomic mass is 16.5. The third-order valence-corrected chi connectivity index (χ3v) is 4.43. The first-order valence-corrected chi connectivity index (χ1v) is 6.83. The van der Waals surface area contributed by atoms with Crippen LogP contribution in [0.3, 0.4) is 0 Å². The number of piperidine rings is 1. The van der Waals surface area contributed by atoms with Crippen LogP contribution in [0.5, 0.6) is 5.75 Å². The van der Waals surface area contributed by atoms with E-state index in [1.807, 2.05) is 24.3 Å². The molecule has 0 spiro atoms. The van der Waals surface area contributed by atoms with Crippen LogP contribution in [0.1, 0.15) is 30.9 Å². The Balaban J connectivity index is 1.69. The Bertz CT molecular complexity index is 421. The summed E-state index contributed by atoms with van der Waals surface area (Å²) in [6.07, 6.45) is 3.58. The van der Waals surface area contributed by atoms with Crippen LogP contribution in [0.2, 0.25) is 0 Å². The Morgan fingerprint density at radius 1 is 1.39 bits per heavy atom. The standard InChI is InChI=1S/C15H21NO2/c1-18-15-5-3-2-4-13(15)14(17)10-16-9-11-6-7-12(16)8-11/h2-5,11-12,14,17H,6-10H2,1H3. The summed E-state index contributed by atoms with van der Waals surface area (Å²) >= 11 is 0. The number of benzene rings is 1. The number of methoxy groups -OCH3 is 1. The minimum atomic E-state index is -0.444. The van der Waals surface area contributed by atoms with Crippen molar-refractivity contribution in [1.82, 2.24) is 4.90 Å². The van der Waals surface area contributed by atoms with Crippen molar-refractivity contribution < 1.29 is 9.84 Å².